The van der Waals surface area contributed by atoms with Gasteiger partial charge in [-0.3, -0.25) is 0 Å². The van der Waals surface area contributed by atoms with Gasteiger partial charge in [0.1, 0.15) is 11.9 Å². The van der Waals surface area contributed by atoms with Crippen molar-refractivity contribution in [2.75, 3.05) is 0 Å². The first-order valence-electron chi connectivity index (χ1n) is 4.52. The van der Waals surface area contributed by atoms with Gasteiger partial charge in [0.15, 0.2) is 11.6 Å². The molecular formula is C10H11F2NO. The molecule has 1 aromatic carbocycles. The molecule has 1 fully saturated rings. The van der Waals surface area contributed by atoms with Gasteiger partial charge in [0.25, 0.3) is 0 Å². The lowest BCUT2D eigenvalue weighted by atomic mass is 9.90. The maximum Gasteiger partial charge on any atom is 0.165 e. The van der Waals surface area contributed by atoms with Crippen LogP contribution in [0.3, 0.4) is 0 Å². The standard InChI is InChI=1S/C10H11F2NO/c11-6-1-2-9(12)10(3-6)14-8-4-7(13)5-8/h1-3,7-8H,4-5,13H2. The molecule has 1 aromatic rings. The van der Waals surface area contributed by atoms with Crippen molar-refractivity contribution in [3.05, 3.63) is 29.8 Å². The van der Waals surface area contributed by atoms with Crippen molar-refractivity contribution >= 4 is 0 Å². The first kappa shape index (κ1) is 9.40. The van der Waals surface area contributed by atoms with E-state index in [4.69, 9.17) is 10.5 Å². The fourth-order valence-electron chi connectivity index (χ4n) is 1.45. The van der Waals surface area contributed by atoms with E-state index < -0.39 is 11.6 Å². The van der Waals surface area contributed by atoms with Gasteiger partial charge < -0.3 is 10.5 Å². The minimum absolute atomic E-state index is 0.0260. The second kappa shape index (κ2) is 3.53. The van der Waals surface area contributed by atoms with Crippen LogP contribution in [0.5, 0.6) is 5.75 Å². The van der Waals surface area contributed by atoms with Gasteiger partial charge in [-0.25, -0.2) is 8.78 Å². The highest BCUT2D eigenvalue weighted by Gasteiger charge is 2.28. The summed E-state index contributed by atoms with van der Waals surface area (Å²) in [4.78, 5) is 0. The summed E-state index contributed by atoms with van der Waals surface area (Å²) in [6.45, 7) is 0. The molecule has 0 spiro atoms. The number of ether oxygens (including phenoxy) is 1. The fourth-order valence-corrected chi connectivity index (χ4v) is 1.45. The second-order valence-corrected chi connectivity index (χ2v) is 3.55. The number of halogens is 2. The summed E-state index contributed by atoms with van der Waals surface area (Å²) in [7, 11) is 0. The summed E-state index contributed by atoms with van der Waals surface area (Å²) in [5.74, 6) is -1.06. The molecule has 4 heteroatoms. The molecule has 1 saturated carbocycles. The Kier molecular flexibility index (Phi) is 2.37. The van der Waals surface area contributed by atoms with Crippen LogP contribution in [0, 0.1) is 11.6 Å². The van der Waals surface area contributed by atoms with Crippen molar-refractivity contribution in [3.63, 3.8) is 0 Å². The van der Waals surface area contributed by atoms with Crippen LogP contribution in [-0.2, 0) is 0 Å². The summed E-state index contributed by atoms with van der Waals surface area (Å²) in [6, 6.07) is 3.31. The molecule has 0 saturated heterocycles. The maximum absolute atomic E-state index is 13.1. The Labute approximate surface area is 80.7 Å². The smallest absolute Gasteiger partial charge is 0.165 e. The van der Waals surface area contributed by atoms with Crippen molar-refractivity contribution in [1.29, 1.82) is 0 Å². The monoisotopic (exact) mass is 199 g/mol. The lowest BCUT2D eigenvalue weighted by Gasteiger charge is -2.32. The molecule has 0 heterocycles. The van der Waals surface area contributed by atoms with Crippen molar-refractivity contribution in [2.45, 2.75) is 25.0 Å². The normalized spacial score (nSPS) is 25.6. The van der Waals surface area contributed by atoms with Gasteiger partial charge in [-0.05, 0) is 25.0 Å². The molecule has 0 bridgehead atoms. The van der Waals surface area contributed by atoms with Crippen LogP contribution >= 0.6 is 0 Å². The van der Waals surface area contributed by atoms with Crippen LogP contribution in [-0.4, -0.2) is 12.1 Å². The molecule has 76 valence electrons. The SMILES string of the molecule is NC1CC(Oc2cc(F)ccc2F)C1. The summed E-state index contributed by atoms with van der Waals surface area (Å²) < 4.78 is 31.0. The number of hydrogen-bond acceptors (Lipinski definition) is 2. The molecular weight excluding hydrogens is 188 g/mol. The summed E-state index contributed by atoms with van der Waals surface area (Å²) in [6.07, 6.45) is 1.34. The topological polar surface area (TPSA) is 35.2 Å². The number of hydrogen-bond donors (Lipinski definition) is 1. The third-order valence-electron chi connectivity index (χ3n) is 2.32. The van der Waals surface area contributed by atoms with E-state index in [2.05, 4.69) is 0 Å². The van der Waals surface area contributed by atoms with Gasteiger partial charge in [0, 0.05) is 12.1 Å². The Hall–Kier alpha value is -1.16. The summed E-state index contributed by atoms with van der Waals surface area (Å²) in [5.41, 5.74) is 5.54. The minimum Gasteiger partial charge on any atom is -0.487 e. The Bertz CT molecular complexity index is 337. The van der Waals surface area contributed by atoms with Crippen molar-refractivity contribution in [3.8, 4) is 5.75 Å². The summed E-state index contributed by atoms with van der Waals surface area (Å²) in [5, 5.41) is 0. The Morgan fingerprint density at radius 1 is 1.29 bits per heavy atom. The number of nitrogens with two attached hydrogens (primary N) is 1. The Morgan fingerprint density at radius 3 is 2.64 bits per heavy atom. The average Bonchev–Trinajstić information content (AvgIpc) is 2.09. The van der Waals surface area contributed by atoms with Crippen molar-refractivity contribution in [2.24, 2.45) is 5.73 Å². The van der Waals surface area contributed by atoms with E-state index in [1.807, 2.05) is 0 Å². The van der Waals surface area contributed by atoms with Gasteiger partial charge in [-0.1, -0.05) is 0 Å². The molecule has 1 aliphatic carbocycles. The minimum atomic E-state index is -0.535. The molecule has 2 nitrogen and oxygen atoms in total. The molecule has 2 rings (SSSR count). The van der Waals surface area contributed by atoms with E-state index in [0.29, 0.717) is 12.8 Å². The fraction of sp³-hybridized carbons (Fsp3) is 0.400. The Morgan fingerprint density at radius 2 is 2.00 bits per heavy atom. The molecule has 2 N–H and O–H groups in total. The van der Waals surface area contributed by atoms with E-state index in [-0.39, 0.29) is 17.9 Å². The van der Waals surface area contributed by atoms with E-state index >= 15 is 0 Å². The molecule has 0 aromatic heterocycles. The van der Waals surface area contributed by atoms with Crippen LogP contribution < -0.4 is 10.5 Å². The molecule has 14 heavy (non-hydrogen) atoms. The van der Waals surface area contributed by atoms with Crippen LogP contribution in [0.4, 0.5) is 8.78 Å². The Balaban J connectivity index is 2.05. The van der Waals surface area contributed by atoms with Gasteiger partial charge >= 0.3 is 0 Å². The molecule has 0 unspecified atom stereocenters. The first-order valence-corrected chi connectivity index (χ1v) is 4.52. The average molecular weight is 199 g/mol. The second-order valence-electron chi connectivity index (χ2n) is 3.55. The zero-order valence-electron chi connectivity index (χ0n) is 7.54. The third kappa shape index (κ3) is 1.85. The first-order chi connectivity index (χ1) is 6.65. The van der Waals surface area contributed by atoms with Gasteiger partial charge in [-0.2, -0.15) is 0 Å². The zero-order chi connectivity index (χ0) is 10.1. The molecule has 0 atom stereocenters. The van der Waals surface area contributed by atoms with E-state index in [9.17, 15) is 8.78 Å². The highest BCUT2D eigenvalue weighted by molar-refractivity contribution is 5.25. The van der Waals surface area contributed by atoms with Crippen LogP contribution in [0.15, 0.2) is 18.2 Å². The van der Waals surface area contributed by atoms with Crippen molar-refractivity contribution in [1.82, 2.24) is 0 Å². The molecule has 1 aliphatic rings. The molecule has 0 radical (unpaired) electrons. The third-order valence-corrected chi connectivity index (χ3v) is 2.32. The molecule has 0 amide bonds. The number of benzene rings is 1. The van der Waals surface area contributed by atoms with E-state index in [0.717, 1.165) is 18.2 Å². The largest absolute Gasteiger partial charge is 0.487 e. The van der Waals surface area contributed by atoms with Crippen LogP contribution in [0.1, 0.15) is 12.8 Å². The predicted molar refractivity (Wildman–Crippen MR) is 48.0 cm³/mol. The zero-order valence-corrected chi connectivity index (χ0v) is 7.54. The van der Waals surface area contributed by atoms with E-state index in [1.165, 1.54) is 0 Å². The maximum atomic E-state index is 13.1. The van der Waals surface area contributed by atoms with E-state index in [1.54, 1.807) is 0 Å². The lowest BCUT2D eigenvalue weighted by Crippen LogP contribution is -2.43. The van der Waals surface area contributed by atoms with Gasteiger partial charge in [-0.15, -0.1) is 0 Å². The quantitative estimate of drug-likeness (QED) is 0.788. The lowest BCUT2D eigenvalue weighted by molar-refractivity contribution is 0.0958. The van der Waals surface area contributed by atoms with Crippen molar-refractivity contribution < 1.29 is 13.5 Å². The predicted octanol–water partition coefficient (Wildman–Crippen LogP) is 1.83. The van der Waals surface area contributed by atoms with Crippen LogP contribution in [0.25, 0.3) is 0 Å². The summed E-state index contributed by atoms with van der Waals surface area (Å²) >= 11 is 0. The van der Waals surface area contributed by atoms with Gasteiger partial charge in [0.2, 0.25) is 0 Å². The highest BCUT2D eigenvalue weighted by Crippen LogP contribution is 2.26. The molecule has 0 aliphatic heterocycles. The van der Waals surface area contributed by atoms with Crippen LogP contribution in [0.2, 0.25) is 0 Å². The number of rotatable bonds is 2. The van der Waals surface area contributed by atoms with Gasteiger partial charge in [0.05, 0.1) is 0 Å². The highest BCUT2D eigenvalue weighted by atomic mass is 19.1.